The molecule has 0 fully saturated rings. The number of halogens is 4. The van der Waals surface area contributed by atoms with Gasteiger partial charge in [-0.15, -0.1) is 0 Å². The van der Waals surface area contributed by atoms with Crippen LogP contribution in [0.4, 0.5) is 5.69 Å². The molecular formula is C14H11BrCl3N. The molecule has 0 saturated carbocycles. The summed E-state index contributed by atoms with van der Waals surface area (Å²) in [5.41, 5.74) is 1.99. The summed E-state index contributed by atoms with van der Waals surface area (Å²) in [7, 11) is 0. The molecule has 0 saturated heterocycles. The van der Waals surface area contributed by atoms with Crippen LogP contribution in [0.2, 0.25) is 15.1 Å². The molecule has 0 aliphatic heterocycles. The van der Waals surface area contributed by atoms with Gasteiger partial charge in [0.05, 0.1) is 15.7 Å². The third kappa shape index (κ3) is 3.79. The molecule has 0 heterocycles. The zero-order valence-corrected chi connectivity index (χ0v) is 13.9. The van der Waals surface area contributed by atoms with Crippen LogP contribution >= 0.6 is 50.7 Å². The average Bonchev–Trinajstić information content (AvgIpc) is 2.37. The molecule has 2 rings (SSSR count). The van der Waals surface area contributed by atoms with E-state index in [0.29, 0.717) is 15.1 Å². The second-order valence-electron chi connectivity index (χ2n) is 4.16. The Morgan fingerprint density at radius 1 is 1.00 bits per heavy atom. The maximum atomic E-state index is 6.03. The second-order valence-corrected chi connectivity index (χ2v) is 6.27. The first-order valence-electron chi connectivity index (χ1n) is 5.64. The average molecular weight is 380 g/mol. The van der Waals surface area contributed by atoms with Crippen LogP contribution in [-0.2, 0) is 0 Å². The fourth-order valence-corrected chi connectivity index (χ4v) is 2.55. The van der Waals surface area contributed by atoms with E-state index in [2.05, 4.69) is 21.2 Å². The molecule has 1 unspecified atom stereocenters. The smallest absolute Gasteiger partial charge is 0.0595 e. The molecule has 1 atom stereocenters. The Hall–Kier alpha value is -0.410. The summed E-state index contributed by atoms with van der Waals surface area (Å²) in [6.07, 6.45) is 0. The maximum Gasteiger partial charge on any atom is 0.0595 e. The predicted octanol–water partition coefficient (Wildman–Crippen LogP) is 6.58. The summed E-state index contributed by atoms with van der Waals surface area (Å²) >= 11 is 21.4. The quantitative estimate of drug-likeness (QED) is 0.635. The van der Waals surface area contributed by atoms with Gasteiger partial charge in [0.2, 0.25) is 0 Å². The molecule has 100 valence electrons. The fourth-order valence-electron chi connectivity index (χ4n) is 1.71. The van der Waals surface area contributed by atoms with Gasteiger partial charge in [-0.05, 0) is 58.7 Å². The highest BCUT2D eigenvalue weighted by atomic mass is 79.9. The number of benzene rings is 2. The van der Waals surface area contributed by atoms with Gasteiger partial charge in [0.1, 0.15) is 0 Å². The van der Waals surface area contributed by atoms with Gasteiger partial charge in [-0.25, -0.2) is 0 Å². The number of anilines is 1. The molecule has 2 aromatic rings. The first-order valence-corrected chi connectivity index (χ1v) is 7.56. The van der Waals surface area contributed by atoms with Crippen molar-refractivity contribution in [3.63, 3.8) is 0 Å². The largest absolute Gasteiger partial charge is 0.378 e. The Balaban J connectivity index is 2.22. The van der Waals surface area contributed by atoms with Crippen molar-refractivity contribution >= 4 is 56.4 Å². The minimum absolute atomic E-state index is 0.0875. The zero-order valence-electron chi connectivity index (χ0n) is 10.1. The van der Waals surface area contributed by atoms with Crippen LogP contribution in [0.5, 0.6) is 0 Å². The van der Waals surface area contributed by atoms with Gasteiger partial charge in [-0.3, -0.25) is 0 Å². The topological polar surface area (TPSA) is 12.0 Å². The molecule has 0 aromatic heterocycles. The molecule has 5 heteroatoms. The number of rotatable bonds is 3. The molecule has 1 nitrogen and oxygen atoms in total. The van der Waals surface area contributed by atoms with Crippen molar-refractivity contribution in [2.24, 2.45) is 0 Å². The highest BCUT2D eigenvalue weighted by Gasteiger charge is 2.09. The van der Waals surface area contributed by atoms with E-state index in [0.717, 1.165) is 15.7 Å². The van der Waals surface area contributed by atoms with E-state index >= 15 is 0 Å². The van der Waals surface area contributed by atoms with Crippen molar-refractivity contribution in [1.82, 2.24) is 0 Å². The minimum Gasteiger partial charge on any atom is -0.378 e. The third-order valence-electron chi connectivity index (χ3n) is 2.74. The summed E-state index contributed by atoms with van der Waals surface area (Å²) in [5.74, 6) is 0. The van der Waals surface area contributed by atoms with Crippen molar-refractivity contribution in [3.8, 4) is 0 Å². The van der Waals surface area contributed by atoms with Crippen molar-refractivity contribution in [2.75, 3.05) is 5.32 Å². The summed E-state index contributed by atoms with van der Waals surface area (Å²) in [5, 5.41) is 5.18. The maximum absolute atomic E-state index is 6.03. The molecule has 0 radical (unpaired) electrons. The molecule has 0 aliphatic rings. The lowest BCUT2D eigenvalue weighted by molar-refractivity contribution is 0.884. The summed E-state index contributed by atoms with van der Waals surface area (Å²) < 4.78 is 0.962. The molecule has 0 aliphatic carbocycles. The van der Waals surface area contributed by atoms with Crippen molar-refractivity contribution < 1.29 is 0 Å². The molecular weight excluding hydrogens is 368 g/mol. The van der Waals surface area contributed by atoms with Gasteiger partial charge >= 0.3 is 0 Å². The monoisotopic (exact) mass is 377 g/mol. The molecule has 2 aromatic carbocycles. The van der Waals surface area contributed by atoms with Gasteiger partial charge in [0.15, 0.2) is 0 Å². The van der Waals surface area contributed by atoms with Crippen LogP contribution in [0.1, 0.15) is 18.5 Å². The lowest BCUT2D eigenvalue weighted by atomic mass is 10.1. The number of nitrogens with one attached hydrogen (secondary N) is 1. The standard InChI is InChI=1S/C14H11BrCl3N/c1-8(9-2-5-12(17)13(18)6-9)19-14-7-10(16)3-4-11(14)15/h2-8,19H,1H3. The predicted molar refractivity (Wildman–Crippen MR) is 87.7 cm³/mol. The summed E-state index contributed by atoms with van der Waals surface area (Å²) in [6.45, 7) is 2.05. The lowest BCUT2D eigenvalue weighted by Gasteiger charge is -2.17. The van der Waals surface area contributed by atoms with Gasteiger partial charge in [0, 0.05) is 15.5 Å². The third-order valence-corrected chi connectivity index (χ3v) is 4.41. The summed E-state index contributed by atoms with van der Waals surface area (Å²) in [4.78, 5) is 0. The minimum atomic E-state index is 0.0875. The van der Waals surface area contributed by atoms with Crippen LogP contribution in [0, 0.1) is 0 Å². The zero-order chi connectivity index (χ0) is 14.0. The lowest BCUT2D eigenvalue weighted by Crippen LogP contribution is -2.07. The molecule has 0 amide bonds. The first-order chi connectivity index (χ1) is 8.97. The van der Waals surface area contributed by atoms with Gasteiger partial charge in [0.25, 0.3) is 0 Å². The highest BCUT2D eigenvalue weighted by molar-refractivity contribution is 9.10. The van der Waals surface area contributed by atoms with Crippen molar-refractivity contribution in [2.45, 2.75) is 13.0 Å². The Labute approximate surface area is 136 Å². The highest BCUT2D eigenvalue weighted by Crippen LogP contribution is 2.31. The Bertz CT molecular complexity index is 601. The van der Waals surface area contributed by atoms with E-state index in [-0.39, 0.29) is 6.04 Å². The van der Waals surface area contributed by atoms with Crippen LogP contribution in [0.15, 0.2) is 40.9 Å². The number of hydrogen-bond donors (Lipinski definition) is 1. The van der Waals surface area contributed by atoms with Crippen molar-refractivity contribution in [3.05, 3.63) is 61.5 Å². The SMILES string of the molecule is CC(Nc1cc(Cl)ccc1Br)c1ccc(Cl)c(Cl)c1. The van der Waals surface area contributed by atoms with Crippen LogP contribution < -0.4 is 5.32 Å². The second kappa shape index (κ2) is 6.36. The van der Waals surface area contributed by atoms with E-state index in [1.54, 1.807) is 6.07 Å². The number of hydrogen-bond acceptors (Lipinski definition) is 1. The molecule has 0 spiro atoms. The van der Waals surface area contributed by atoms with Gasteiger partial charge in [-0.1, -0.05) is 40.9 Å². The molecule has 19 heavy (non-hydrogen) atoms. The normalized spacial score (nSPS) is 12.3. The van der Waals surface area contributed by atoms with E-state index in [9.17, 15) is 0 Å². The first kappa shape index (κ1) is 15.0. The van der Waals surface area contributed by atoms with E-state index in [1.165, 1.54) is 0 Å². The van der Waals surface area contributed by atoms with E-state index < -0.39 is 0 Å². The van der Waals surface area contributed by atoms with Gasteiger partial charge in [-0.2, -0.15) is 0 Å². The van der Waals surface area contributed by atoms with E-state index in [1.807, 2.05) is 37.3 Å². The van der Waals surface area contributed by atoms with E-state index in [4.69, 9.17) is 34.8 Å². The summed E-state index contributed by atoms with van der Waals surface area (Å²) in [6, 6.07) is 11.3. The van der Waals surface area contributed by atoms with Crippen LogP contribution in [0.3, 0.4) is 0 Å². The van der Waals surface area contributed by atoms with Gasteiger partial charge < -0.3 is 5.32 Å². The Morgan fingerprint density at radius 2 is 1.74 bits per heavy atom. The molecule has 0 bridgehead atoms. The van der Waals surface area contributed by atoms with Crippen LogP contribution in [-0.4, -0.2) is 0 Å². The Morgan fingerprint density at radius 3 is 2.42 bits per heavy atom. The van der Waals surface area contributed by atoms with Crippen molar-refractivity contribution in [1.29, 1.82) is 0 Å². The fraction of sp³-hybridized carbons (Fsp3) is 0.143. The van der Waals surface area contributed by atoms with Crippen LogP contribution in [0.25, 0.3) is 0 Å². The molecule has 1 N–H and O–H groups in total. The Kier molecular flexibility index (Phi) is 5.02.